The maximum atomic E-state index is 10.6. The number of rotatable bonds is 4. The molecule has 0 bridgehead atoms. The molecule has 2 aromatic rings. The molecule has 0 atom stereocenters. The standard InChI is InChI=1S/C12H9Br2N3O2/c13-10-6-9(17(18)19)4-5-11(10)15-7-8-2-1-3-12(14)16-8/h1-6,15H,7H2. The molecule has 5 nitrogen and oxygen atoms in total. The highest BCUT2D eigenvalue weighted by molar-refractivity contribution is 9.10. The van der Waals surface area contributed by atoms with E-state index < -0.39 is 4.92 Å². The molecular weight excluding hydrogens is 378 g/mol. The van der Waals surface area contributed by atoms with Crippen LogP contribution in [0.4, 0.5) is 11.4 Å². The molecule has 1 aromatic carbocycles. The summed E-state index contributed by atoms with van der Waals surface area (Å²) in [6.45, 7) is 0.538. The molecule has 0 spiro atoms. The van der Waals surface area contributed by atoms with E-state index in [1.54, 1.807) is 6.07 Å². The van der Waals surface area contributed by atoms with Gasteiger partial charge in [-0.05, 0) is 50.1 Å². The van der Waals surface area contributed by atoms with E-state index in [0.29, 0.717) is 11.0 Å². The third-order valence-corrected chi connectivity index (χ3v) is 3.49. The van der Waals surface area contributed by atoms with E-state index in [1.807, 2.05) is 18.2 Å². The van der Waals surface area contributed by atoms with Crippen LogP contribution in [0.1, 0.15) is 5.69 Å². The Morgan fingerprint density at radius 2 is 2.05 bits per heavy atom. The van der Waals surface area contributed by atoms with Crippen LogP contribution in [0.2, 0.25) is 0 Å². The molecule has 0 aliphatic carbocycles. The van der Waals surface area contributed by atoms with Gasteiger partial charge in [-0.1, -0.05) is 6.07 Å². The van der Waals surface area contributed by atoms with E-state index in [9.17, 15) is 10.1 Å². The largest absolute Gasteiger partial charge is 0.378 e. The van der Waals surface area contributed by atoms with Crippen LogP contribution in [0, 0.1) is 10.1 Å². The summed E-state index contributed by atoms with van der Waals surface area (Å²) in [7, 11) is 0. The Kier molecular flexibility index (Phi) is 4.49. The lowest BCUT2D eigenvalue weighted by Gasteiger charge is -2.08. The lowest BCUT2D eigenvalue weighted by molar-refractivity contribution is -0.384. The number of nitrogens with zero attached hydrogens (tertiary/aromatic N) is 2. The Labute approximate surface area is 126 Å². The number of halogens is 2. The average molecular weight is 387 g/mol. The summed E-state index contributed by atoms with van der Waals surface area (Å²) in [6, 6.07) is 10.2. The second-order valence-corrected chi connectivity index (χ2v) is 5.39. The van der Waals surface area contributed by atoms with Crippen molar-refractivity contribution in [2.45, 2.75) is 6.54 Å². The Morgan fingerprint density at radius 1 is 1.26 bits per heavy atom. The summed E-state index contributed by atoms with van der Waals surface area (Å²) in [6.07, 6.45) is 0. The normalized spacial score (nSPS) is 10.2. The number of non-ortho nitro benzene ring substituents is 1. The van der Waals surface area contributed by atoms with Crippen LogP contribution in [0.25, 0.3) is 0 Å². The first-order chi connectivity index (χ1) is 9.06. The maximum absolute atomic E-state index is 10.6. The second kappa shape index (κ2) is 6.12. The summed E-state index contributed by atoms with van der Waals surface area (Å²) >= 11 is 6.61. The van der Waals surface area contributed by atoms with Gasteiger partial charge in [0.2, 0.25) is 0 Å². The molecule has 98 valence electrons. The number of anilines is 1. The Bertz CT molecular complexity index is 620. The quantitative estimate of drug-likeness (QED) is 0.487. The van der Waals surface area contributed by atoms with E-state index in [0.717, 1.165) is 16.0 Å². The Balaban J connectivity index is 2.10. The zero-order valence-electron chi connectivity index (χ0n) is 9.64. The summed E-state index contributed by atoms with van der Waals surface area (Å²) in [5.41, 5.74) is 1.71. The van der Waals surface area contributed by atoms with Gasteiger partial charge in [0, 0.05) is 22.3 Å². The van der Waals surface area contributed by atoms with Gasteiger partial charge in [0.05, 0.1) is 17.2 Å². The number of nitro benzene ring substituents is 1. The molecule has 0 amide bonds. The predicted octanol–water partition coefficient (Wildman–Crippen LogP) is 4.13. The Hall–Kier alpha value is -1.47. The van der Waals surface area contributed by atoms with Crippen molar-refractivity contribution in [3.8, 4) is 0 Å². The van der Waals surface area contributed by atoms with Gasteiger partial charge in [0.15, 0.2) is 0 Å². The fourth-order valence-corrected chi connectivity index (χ4v) is 2.38. The van der Waals surface area contributed by atoms with E-state index in [-0.39, 0.29) is 5.69 Å². The van der Waals surface area contributed by atoms with E-state index >= 15 is 0 Å². The zero-order chi connectivity index (χ0) is 13.8. The van der Waals surface area contributed by atoms with Gasteiger partial charge in [0.1, 0.15) is 4.60 Å². The summed E-state index contributed by atoms with van der Waals surface area (Å²) in [5.74, 6) is 0. The van der Waals surface area contributed by atoms with Crippen LogP contribution in [-0.2, 0) is 6.54 Å². The van der Waals surface area contributed by atoms with Crippen LogP contribution in [0.3, 0.4) is 0 Å². The van der Waals surface area contributed by atoms with Gasteiger partial charge < -0.3 is 5.32 Å². The number of nitro groups is 1. The summed E-state index contributed by atoms with van der Waals surface area (Å²) < 4.78 is 1.42. The molecule has 2 rings (SSSR count). The topological polar surface area (TPSA) is 68.1 Å². The van der Waals surface area contributed by atoms with Crippen molar-refractivity contribution in [2.75, 3.05) is 5.32 Å². The molecule has 0 saturated heterocycles. The third kappa shape index (κ3) is 3.74. The summed E-state index contributed by atoms with van der Waals surface area (Å²) in [5, 5.41) is 13.8. The van der Waals surface area contributed by atoms with Gasteiger partial charge in [-0.25, -0.2) is 4.98 Å². The van der Waals surface area contributed by atoms with E-state index in [2.05, 4.69) is 42.2 Å². The van der Waals surface area contributed by atoms with Gasteiger partial charge in [-0.15, -0.1) is 0 Å². The monoisotopic (exact) mass is 385 g/mol. The van der Waals surface area contributed by atoms with Crippen LogP contribution in [-0.4, -0.2) is 9.91 Å². The highest BCUT2D eigenvalue weighted by Crippen LogP contribution is 2.27. The average Bonchev–Trinajstić information content (AvgIpc) is 2.37. The van der Waals surface area contributed by atoms with E-state index in [1.165, 1.54) is 12.1 Å². The highest BCUT2D eigenvalue weighted by Gasteiger charge is 2.08. The van der Waals surface area contributed by atoms with Crippen LogP contribution in [0.15, 0.2) is 45.5 Å². The molecule has 1 heterocycles. The lowest BCUT2D eigenvalue weighted by Crippen LogP contribution is -2.02. The molecule has 0 aliphatic heterocycles. The maximum Gasteiger partial charge on any atom is 0.270 e. The molecule has 0 aliphatic rings. The first-order valence-electron chi connectivity index (χ1n) is 5.35. The smallest absolute Gasteiger partial charge is 0.270 e. The van der Waals surface area contributed by atoms with Crippen molar-refractivity contribution in [2.24, 2.45) is 0 Å². The number of benzene rings is 1. The molecule has 0 radical (unpaired) electrons. The van der Waals surface area contributed by atoms with Crippen LogP contribution in [0.5, 0.6) is 0 Å². The third-order valence-electron chi connectivity index (χ3n) is 2.40. The Morgan fingerprint density at radius 3 is 2.68 bits per heavy atom. The molecule has 0 unspecified atom stereocenters. The van der Waals surface area contributed by atoms with Crippen molar-refractivity contribution in [3.05, 3.63) is 61.3 Å². The van der Waals surface area contributed by atoms with Gasteiger partial charge >= 0.3 is 0 Å². The fourth-order valence-electron chi connectivity index (χ4n) is 1.50. The summed E-state index contributed by atoms with van der Waals surface area (Å²) in [4.78, 5) is 14.5. The fraction of sp³-hybridized carbons (Fsp3) is 0.0833. The number of nitrogens with one attached hydrogen (secondary N) is 1. The number of pyridine rings is 1. The van der Waals surface area contributed by atoms with Gasteiger partial charge in [0.25, 0.3) is 5.69 Å². The minimum atomic E-state index is -0.426. The van der Waals surface area contributed by atoms with Crippen molar-refractivity contribution in [3.63, 3.8) is 0 Å². The lowest BCUT2D eigenvalue weighted by atomic mass is 10.2. The SMILES string of the molecule is O=[N+]([O-])c1ccc(NCc2cccc(Br)n2)c(Br)c1. The van der Waals surface area contributed by atoms with Gasteiger partial charge in [-0.3, -0.25) is 10.1 Å². The predicted molar refractivity (Wildman–Crippen MR) is 80.1 cm³/mol. The number of hydrogen-bond donors (Lipinski definition) is 1. The van der Waals surface area contributed by atoms with Crippen LogP contribution < -0.4 is 5.32 Å². The number of aromatic nitrogens is 1. The first kappa shape index (κ1) is 14.0. The van der Waals surface area contributed by atoms with Crippen molar-refractivity contribution in [1.82, 2.24) is 4.98 Å². The second-order valence-electron chi connectivity index (χ2n) is 3.73. The molecule has 1 N–H and O–H groups in total. The van der Waals surface area contributed by atoms with Crippen LogP contribution >= 0.6 is 31.9 Å². The van der Waals surface area contributed by atoms with Gasteiger partial charge in [-0.2, -0.15) is 0 Å². The minimum Gasteiger partial charge on any atom is -0.378 e. The van der Waals surface area contributed by atoms with Crippen molar-refractivity contribution < 1.29 is 4.92 Å². The molecule has 7 heteroatoms. The van der Waals surface area contributed by atoms with Crippen molar-refractivity contribution >= 4 is 43.2 Å². The zero-order valence-corrected chi connectivity index (χ0v) is 12.8. The first-order valence-corrected chi connectivity index (χ1v) is 6.94. The molecular formula is C12H9Br2N3O2. The molecule has 19 heavy (non-hydrogen) atoms. The number of hydrogen-bond acceptors (Lipinski definition) is 4. The van der Waals surface area contributed by atoms with Crippen molar-refractivity contribution in [1.29, 1.82) is 0 Å². The molecule has 1 aromatic heterocycles. The minimum absolute atomic E-state index is 0.0537. The van der Waals surface area contributed by atoms with E-state index in [4.69, 9.17) is 0 Å². The molecule has 0 fully saturated rings. The molecule has 0 saturated carbocycles. The highest BCUT2D eigenvalue weighted by atomic mass is 79.9.